The van der Waals surface area contributed by atoms with Crippen molar-refractivity contribution in [3.05, 3.63) is 83.4 Å². The topological polar surface area (TPSA) is 120 Å². The van der Waals surface area contributed by atoms with Gasteiger partial charge in [0.1, 0.15) is 35.0 Å². The predicted molar refractivity (Wildman–Crippen MR) is 110 cm³/mol. The minimum absolute atomic E-state index is 0.110. The lowest BCUT2D eigenvalue weighted by molar-refractivity contribution is 0.628. The van der Waals surface area contributed by atoms with Gasteiger partial charge in [0, 0.05) is 11.1 Å². The molecule has 4 rings (SSSR count). The summed E-state index contributed by atoms with van der Waals surface area (Å²) in [6.45, 7) is 0. The van der Waals surface area contributed by atoms with Gasteiger partial charge in [0.25, 0.3) is 0 Å². The van der Waals surface area contributed by atoms with Crippen LogP contribution in [0.25, 0.3) is 28.6 Å². The monoisotopic (exact) mass is 395 g/mol. The molecular formula is C22H14FN7. The molecule has 0 aliphatic carbocycles. The first-order chi connectivity index (χ1) is 14.6. The molecule has 0 fully saturated rings. The van der Waals surface area contributed by atoms with Crippen LogP contribution in [0.15, 0.2) is 60.8 Å². The molecule has 0 aliphatic heterocycles. The molecule has 30 heavy (non-hydrogen) atoms. The number of aromatic amines is 1. The highest BCUT2D eigenvalue weighted by atomic mass is 19.1. The van der Waals surface area contributed by atoms with E-state index in [2.05, 4.69) is 21.4 Å². The quantitative estimate of drug-likeness (QED) is 0.508. The summed E-state index contributed by atoms with van der Waals surface area (Å²) in [5.74, 6) is -0.209. The number of halogens is 1. The molecule has 2 heterocycles. The van der Waals surface area contributed by atoms with E-state index in [1.165, 1.54) is 16.8 Å². The van der Waals surface area contributed by atoms with Crippen molar-refractivity contribution in [1.29, 1.82) is 10.5 Å². The van der Waals surface area contributed by atoms with E-state index < -0.39 is 0 Å². The molecule has 2 aromatic carbocycles. The van der Waals surface area contributed by atoms with Crippen LogP contribution in [0.4, 0.5) is 10.2 Å². The van der Waals surface area contributed by atoms with E-state index in [1.807, 2.05) is 24.3 Å². The minimum Gasteiger partial charge on any atom is -0.382 e. The molecule has 3 N–H and O–H groups in total. The molecule has 2 aromatic heterocycles. The largest absolute Gasteiger partial charge is 0.382 e. The van der Waals surface area contributed by atoms with Crippen molar-refractivity contribution in [3.63, 3.8) is 0 Å². The summed E-state index contributed by atoms with van der Waals surface area (Å²) >= 11 is 0. The Morgan fingerprint density at radius 3 is 2.50 bits per heavy atom. The fourth-order valence-corrected chi connectivity index (χ4v) is 3.06. The number of nitriles is 2. The molecule has 7 nitrogen and oxygen atoms in total. The van der Waals surface area contributed by atoms with Crippen LogP contribution >= 0.6 is 0 Å². The second-order valence-corrected chi connectivity index (χ2v) is 6.35. The van der Waals surface area contributed by atoms with Crippen molar-refractivity contribution < 1.29 is 4.39 Å². The Bertz CT molecular complexity index is 1320. The second kappa shape index (κ2) is 7.74. The lowest BCUT2D eigenvalue weighted by atomic mass is 10.0. The average Bonchev–Trinajstić information content (AvgIpc) is 3.37. The number of nitrogen functional groups attached to an aromatic ring is 1. The van der Waals surface area contributed by atoms with Gasteiger partial charge < -0.3 is 5.73 Å². The zero-order valence-corrected chi connectivity index (χ0v) is 15.5. The number of hydrogen-bond acceptors (Lipinski definition) is 5. The normalized spacial score (nSPS) is 11.1. The number of nitrogens with one attached hydrogen (secondary N) is 1. The zero-order valence-electron chi connectivity index (χ0n) is 15.5. The van der Waals surface area contributed by atoms with E-state index >= 15 is 0 Å². The van der Waals surface area contributed by atoms with Gasteiger partial charge in [-0.05, 0) is 42.5 Å². The molecule has 0 radical (unpaired) electrons. The smallest absolute Gasteiger partial charge is 0.145 e. The highest BCUT2D eigenvalue weighted by Gasteiger charge is 2.20. The van der Waals surface area contributed by atoms with Crippen molar-refractivity contribution in [1.82, 2.24) is 20.0 Å². The summed E-state index contributed by atoms with van der Waals surface area (Å²) in [7, 11) is 0. The Morgan fingerprint density at radius 2 is 1.83 bits per heavy atom. The number of benzene rings is 2. The number of hydrogen-bond donors (Lipinski definition) is 2. The summed E-state index contributed by atoms with van der Waals surface area (Å²) in [5, 5.41) is 30.7. The first kappa shape index (κ1) is 18.7. The molecular weight excluding hydrogens is 381 g/mol. The van der Waals surface area contributed by atoms with E-state index in [9.17, 15) is 14.9 Å². The molecule has 0 saturated carbocycles. The van der Waals surface area contributed by atoms with Gasteiger partial charge in [-0.25, -0.2) is 9.07 Å². The third kappa shape index (κ3) is 3.30. The van der Waals surface area contributed by atoms with Crippen LogP contribution in [0.2, 0.25) is 0 Å². The van der Waals surface area contributed by atoms with Crippen molar-refractivity contribution in [2.75, 3.05) is 5.73 Å². The van der Waals surface area contributed by atoms with E-state index in [0.717, 1.165) is 0 Å². The average molecular weight is 395 g/mol. The van der Waals surface area contributed by atoms with E-state index in [4.69, 9.17) is 5.73 Å². The fourth-order valence-electron chi connectivity index (χ4n) is 3.06. The lowest BCUT2D eigenvalue weighted by Gasteiger charge is -2.02. The summed E-state index contributed by atoms with van der Waals surface area (Å²) in [4.78, 5) is 0. The summed E-state index contributed by atoms with van der Waals surface area (Å²) in [6, 6.07) is 19.1. The third-order valence-corrected chi connectivity index (χ3v) is 4.51. The number of para-hydroxylation sites is 1. The molecule has 0 amide bonds. The van der Waals surface area contributed by atoms with Gasteiger partial charge in [-0.1, -0.05) is 18.2 Å². The van der Waals surface area contributed by atoms with Crippen LogP contribution in [-0.2, 0) is 0 Å². The first-order valence-corrected chi connectivity index (χ1v) is 8.88. The highest BCUT2D eigenvalue weighted by molar-refractivity contribution is 5.93. The Morgan fingerprint density at radius 1 is 1.10 bits per heavy atom. The Balaban J connectivity index is 1.83. The van der Waals surface area contributed by atoms with Crippen LogP contribution in [0.5, 0.6) is 0 Å². The maximum Gasteiger partial charge on any atom is 0.145 e. The van der Waals surface area contributed by atoms with Crippen LogP contribution in [0.1, 0.15) is 16.8 Å². The van der Waals surface area contributed by atoms with E-state index in [1.54, 1.807) is 36.5 Å². The summed E-state index contributed by atoms with van der Waals surface area (Å²) in [5.41, 5.74) is 9.14. The molecule has 0 unspecified atom stereocenters. The number of allylic oxidation sites excluding steroid dienone is 1. The van der Waals surface area contributed by atoms with Crippen molar-refractivity contribution in [2.45, 2.75) is 0 Å². The van der Waals surface area contributed by atoms with Gasteiger partial charge in [0.15, 0.2) is 0 Å². The Labute approximate surface area is 171 Å². The molecule has 0 aliphatic rings. The maximum atomic E-state index is 13.2. The minimum atomic E-state index is -0.353. The highest BCUT2D eigenvalue weighted by Crippen LogP contribution is 2.29. The number of H-pyrrole nitrogens is 1. The van der Waals surface area contributed by atoms with Crippen molar-refractivity contribution >= 4 is 17.5 Å². The first-order valence-electron chi connectivity index (χ1n) is 8.88. The lowest BCUT2D eigenvalue weighted by Crippen LogP contribution is -2.02. The standard InChI is InChI=1S/C22H14FN7/c23-17-8-6-14(7-9-17)20-16(13-27-28-20)10-15(11-24)21-19(12-25)22(26)30(29-21)18-4-2-1-3-5-18/h1-10,13H,26H2,(H,27,28)/b15-10+. The second-order valence-electron chi connectivity index (χ2n) is 6.35. The van der Waals surface area contributed by atoms with E-state index in [0.29, 0.717) is 22.5 Å². The number of anilines is 1. The molecule has 8 heteroatoms. The van der Waals surface area contributed by atoms with Crippen LogP contribution in [0, 0.1) is 28.5 Å². The molecule has 0 bridgehead atoms. The molecule has 0 spiro atoms. The number of nitrogens with two attached hydrogens (primary N) is 1. The number of aromatic nitrogens is 4. The molecule has 0 atom stereocenters. The zero-order chi connectivity index (χ0) is 21.1. The van der Waals surface area contributed by atoms with Gasteiger partial charge in [-0.2, -0.15) is 20.7 Å². The summed E-state index contributed by atoms with van der Waals surface area (Å²) in [6.07, 6.45) is 3.11. The van der Waals surface area contributed by atoms with Gasteiger partial charge in [-0.15, -0.1) is 0 Å². The maximum absolute atomic E-state index is 13.2. The predicted octanol–water partition coefficient (Wildman–Crippen LogP) is 3.92. The SMILES string of the molecule is N#C/C(=C\c1cn[nH]c1-c1ccc(F)cc1)c1nn(-c2ccccc2)c(N)c1C#N. The van der Waals surface area contributed by atoms with Gasteiger partial charge >= 0.3 is 0 Å². The fraction of sp³-hybridized carbons (Fsp3) is 0. The Hall–Kier alpha value is -4.69. The van der Waals surface area contributed by atoms with Gasteiger partial charge in [0.2, 0.25) is 0 Å². The molecule has 0 saturated heterocycles. The third-order valence-electron chi connectivity index (χ3n) is 4.51. The van der Waals surface area contributed by atoms with Crippen LogP contribution in [0.3, 0.4) is 0 Å². The summed E-state index contributed by atoms with van der Waals surface area (Å²) < 4.78 is 14.7. The van der Waals surface area contributed by atoms with Crippen LogP contribution in [-0.4, -0.2) is 20.0 Å². The number of rotatable bonds is 4. The van der Waals surface area contributed by atoms with Crippen LogP contribution < -0.4 is 5.73 Å². The van der Waals surface area contributed by atoms with Gasteiger partial charge in [-0.3, -0.25) is 5.10 Å². The van der Waals surface area contributed by atoms with Crippen molar-refractivity contribution in [3.8, 4) is 29.1 Å². The van der Waals surface area contributed by atoms with Crippen molar-refractivity contribution in [2.24, 2.45) is 0 Å². The van der Waals surface area contributed by atoms with E-state index in [-0.39, 0.29) is 28.5 Å². The Kier molecular flexibility index (Phi) is 4.82. The van der Waals surface area contributed by atoms with Gasteiger partial charge in [0.05, 0.1) is 23.2 Å². The number of nitrogens with zero attached hydrogens (tertiary/aromatic N) is 5. The molecule has 4 aromatic rings. The molecule has 144 valence electrons.